The topological polar surface area (TPSA) is 71.5 Å². The number of benzene rings is 1. The third-order valence-electron chi connectivity index (χ3n) is 6.22. The van der Waals surface area contributed by atoms with E-state index in [2.05, 4.69) is 15.0 Å². The summed E-state index contributed by atoms with van der Waals surface area (Å²) in [6.07, 6.45) is 4.44. The van der Waals surface area contributed by atoms with Gasteiger partial charge in [0.1, 0.15) is 11.8 Å². The van der Waals surface area contributed by atoms with Crippen molar-refractivity contribution in [3.8, 4) is 5.75 Å². The van der Waals surface area contributed by atoms with Gasteiger partial charge in [-0.25, -0.2) is 9.69 Å². The Balaban J connectivity index is 1.54. The first kappa shape index (κ1) is 22.1. The highest BCUT2D eigenvalue weighted by Crippen LogP contribution is 2.38. The first-order chi connectivity index (χ1) is 15.2. The number of aromatic nitrogens is 1. The molecule has 1 aromatic heterocycles. The summed E-state index contributed by atoms with van der Waals surface area (Å²) in [6, 6.07) is 5.17. The molecule has 2 aromatic rings. The van der Waals surface area contributed by atoms with Crippen molar-refractivity contribution in [2.24, 2.45) is 0 Å². The van der Waals surface area contributed by atoms with Crippen LogP contribution in [0.1, 0.15) is 62.0 Å². The summed E-state index contributed by atoms with van der Waals surface area (Å²) < 4.78 is 41.0. The van der Waals surface area contributed by atoms with Crippen LogP contribution in [0, 0.1) is 0 Å². The molecule has 1 saturated heterocycles. The summed E-state index contributed by atoms with van der Waals surface area (Å²) in [5.41, 5.74) is 2.29. The number of urea groups is 1. The molecule has 1 saturated carbocycles. The van der Waals surface area contributed by atoms with Crippen LogP contribution in [0.5, 0.6) is 5.75 Å². The molecule has 9 heteroatoms. The van der Waals surface area contributed by atoms with Crippen LogP contribution in [-0.2, 0) is 4.79 Å². The van der Waals surface area contributed by atoms with E-state index in [1.807, 2.05) is 19.2 Å². The fourth-order valence-corrected chi connectivity index (χ4v) is 4.65. The van der Waals surface area contributed by atoms with Crippen molar-refractivity contribution in [3.63, 3.8) is 0 Å². The molecule has 0 radical (unpaired) electrons. The van der Waals surface area contributed by atoms with Gasteiger partial charge in [-0.05, 0) is 60.2 Å². The van der Waals surface area contributed by atoms with Gasteiger partial charge in [0, 0.05) is 18.3 Å². The molecular formula is C23H24F3N3O3. The predicted molar refractivity (Wildman–Crippen MR) is 111 cm³/mol. The lowest BCUT2D eigenvalue weighted by Gasteiger charge is -2.27. The summed E-state index contributed by atoms with van der Waals surface area (Å²) in [7, 11) is 0. The SMILES string of the molecule is CC(c1ccncc1C1CCCCC1)C1NC(=O)N(c2ccc(OC(F)(F)F)cc2)C1=O. The normalized spacial score (nSPS) is 20.9. The maximum atomic E-state index is 13.1. The fraction of sp³-hybridized carbons (Fsp3) is 0.435. The van der Waals surface area contributed by atoms with Crippen molar-refractivity contribution in [2.75, 3.05) is 4.90 Å². The van der Waals surface area contributed by atoms with Crippen molar-refractivity contribution >= 4 is 17.6 Å². The predicted octanol–water partition coefficient (Wildman–Crippen LogP) is 5.26. The number of imide groups is 1. The molecule has 1 aliphatic carbocycles. The molecule has 2 fully saturated rings. The number of pyridine rings is 1. The number of hydrogen-bond donors (Lipinski definition) is 1. The van der Waals surface area contributed by atoms with Gasteiger partial charge in [0.05, 0.1) is 5.69 Å². The summed E-state index contributed by atoms with van der Waals surface area (Å²) in [6.45, 7) is 1.90. The quantitative estimate of drug-likeness (QED) is 0.635. The molecule has 2 heterocycles. The number of ether oxygens (including phenoxy) is 1. The van der Waals surface area contributed by atoms with E-state index in [1.165, 1.54) is 18.6 Å². The summed E-state index contributed by atoms with van der Waals surface area (Å²) in [4.78, 5) is 31.0. The fourth-order valence-electron chi connectivity index (χ4n) is 4.65. The highest BCUT2D eigenvalue weighted by atomic mass is 19.4. The molecule has 0 spiro atoms. The van der Waals surface area contributed by atoms with Crippen molar-refractivity contribution in [1.29, 1.82) is 0 Å². The zero-order chi connectivity index (χ0) is 22.9. The average molecular weight is 447 g/mol. The van der Waals surface area contributed by atoms with E-state index in [4.69, 9.17) is 0 Å². The van der Waals surface area contributed by atoms with Crippen LogP contribution >= 0.6 is 0 Å². The summed E-state index contributed by atoms with van der Waals surface area (Å²) >= 11 is 0. The van der Waals surface area contributed by atoms with Gasteiger partial charge in [-0.15, -0.1) is 13.2 Å². The number of anilines is 1. The minimum Gasteiger partial charge on any atom is -0.406 e. The third kappa shape index (κ3) is 4.56. The van der Waals surface area contributed by atoms with Crippen LogP contribution in [0.25, 0.3) is 0 Å². The number of nitrogens with one attached hydrogen (secondary N) is 1. The largest absolute Gasteiger partial charge is 0.573 e. The maximum Gasteiger partial charge on any atom is 0.573 e. The molecule has 2 atom stereocenters. The highest BCUT2D eigenvalue weighted by molar-refractivity contribution is 6.21. The summed E-state index contributed by atoms with van der Waals surface area (Å²) in [5, 5.41) is 2.74. The van der Waals surface area contributed by atoms with Crippen molar-refractivity contribution < 1.29 is 27.5 Å². The van der Waals surface area contributed by atoms with E-state index >= 15 is 0 Å². The second kappa shape index (κ2) is 8.80. The Morgan fingerprint density at radius 3 is 2.44 bits per heavy atom. The minimum absolute atomic E-state index is 0.180. The number of carbonyl (C=O) groups excluding carboxylic acids is 2. The number of nitrogens with zero attached hydrogens (tertiary/aromatic N) is 2. The molecule has 170 valence electrons. The zero-order valence-corrected chi connectivity index (χ0v) is 17.6. The number of rotatable bonds is 5. The van der Waals surface area contributed by atoms with Gasteiger partial charge in [0.2, 0.25) is 0 Å². The highest BCUT2D eigenvalue weighted by Gasteiger charge is 2.43. The van der Waals surface area contributed by atoms with E-state index in [1.54, 1.807) is 6.20 Å². The van der Waals surface area contributed by atoms with E-state index in [9.17, 15) is 22.8 Å². The van der Waals surface area contributed by atoms with Crippen LogP contribution < -0.4 is 15.0 Å². The van der Waals surface area contributed by atoms with Gasteiger partial charge in [0.15, 0.2) is 0 Å². The lowest BCUT2D eigenvalue weighted by atomic mass is 9.79. The maximum absolute atomic E-state index is 13.1. The van der Waals surface area contributed by atoms with Gasteiger partial charge in [-0.3, -0.25) is 9.78 Å². The van der Waals surface area contributed by atoms with E-state index in [0.717, 1.165) is 53.8 Å². The van der Waals surface area contributed by atoms with Crippen LogP contribution in [0.3, 0.4) is 0 Å². The Morgan fingerprint density at radius 1 is 1.09 bits per heavy atom. The lowest BCUT2D eigenvalue weighted by Crippen LogP contribution is -2.35. The van der Waals surface area contributed by atoms with Crippen molar-refractivity contribution in [2.45, 2.75) is 63.3 Å². The Morgan fingerprint density at radius 2 is 1.78 bits per heavy atom. The van der Waals surface area contributed by atoms with E-state index in [-0.39, 0.29) is 11.6 Å². The lowest BCUT2D eigenvalue weighted by molar-refractivity contribution is -0.274. The van der Waals surface area contributed by atoms with Gasteiger partial charge in [0.25, 0.3) is 5.91 Å². The molecular weight excluding hydrogens is 423 g/mol. The molecule has 2 unspecified atom stereocenters. The Labute approximate surface area is 183 Å². The molecule has 1 aliphatic heterocycles. The Kier molecular flexibility index (Phi) is 6.08. The van der Waals surface area contributed by atoms with Crippen LogP contribution in [-0.4, -0.2) is 29.3 Å². The molecule has 1 N–H and O–H groups in total. The molecule has 6 nitrogen and oxygen atoms in total. The molecule has 4 rings (SSSR count). The number of hydrogen-bond acceptors (Lipinski definition) is 4. The van der Waals surface area contributed by atoms with Crippen molar-refractivity contribution in [3.05, 3.63) is 53.9 Å². The molecule has 2 aliphatic rings. The smallest absolute Gasteiger partial charge is 0.406 e. The van der Waals surface area contributed by atoms with Gasteiger partial charge in [-0.1, -0.05) is 26.2 Å². The summed E-state index contributed by atoms with van der Waals surface area (Å²) in [5.74, 6) is -0.769. The Bertz CT molecular complexity index is 988. The third-order valence-corrected chi connectivity index (χ3v) is 6.22. The first-order valence-corrected chi connectivity index (χ1v) is 10.7. The molecule has 32 heavy (non-hydrogen) atoms. The second-order valence-corrected chi connectivity index (χ2v) is 8.27. The van der Waals surface area contributed by atoms with E-state index < -0.39 is 30.1 Å². The van der Waals surface area contributed by atoms with E-state index in [0.29, 0.717) is 5.92 Å². The minimum atomic E-state index is -4.82. The number of halogens is 3. The average Bonchev–Trinajstić information content (AvgIpc) is 3.07. The first-order valence-electron chi connectivity index (χ1n) is 10.7. The van der Waals surface area contributed by atoms with Crippen LogP contribution in [0.15, 0.2) is 42.7 Å². The molecule has 1 aromatic carbocycles. The standard InChI is InChI=1S/C23H24F3N3O3/c1-14(18-11-12-27-13-19(18)15-5-3-2-4-6-15)20-21(30)29(22(31)28-20)16-7-9-17(10-8-16)32-23(24,25)26/h7-15,20H,2-6H2,1H3,(H,28,31). The second-order valence-electron chi connectivity index (χ2n) is 8.27. The van der Waals surface area contributed by atoms with Crippen molar-refractivity contribution in [1.82, 2.24) is 10.3 Å². The van der Waals surface area contributed by atoms with Gasteiger partial charge < -0.3 is 10.1 Å². The van der Waals surface area contributed by atoms with Crippen LogP contribution in [0.4, 0.5) is 23.7 Å². The Hall–Kier alpha value is -3.10. The van der Waals surface area contributed by atoms with Crippen LogP contribution in [0.2, 0.25) is 0 Å². The number of amides is 3. The zero-order valence-electron chi connectivity index (χ0n) is 17.6. The van der Waals surface area contributed by atoms with Gasteiger partial charge >= 0.3 is 12.4 Å². The number of alkyl halides is 3. The molecule has 0 bridgehead atoms. The molecule has 3 amide bonds. The van der Waals surface area contributed by atoms with Gasteiger partial charge in [-0.2, -0.15) is 0 Å². The monoisotopic (exact) mass is 447 g/mol. The number of carbonyl (C=O) groups is 2.